The van der Waals surface area contributed by atoms with Crippen LogP contribution in [0.2, 0.25) is 0 Å². The number of allylic oxidation sites excluding steroid dienone is 2. The normalized spacial score (nSPS) is 9.79. The fraction of sp³-hybridized carbons (Fsp3) is 0.560. The van der Waals surface area contributed by atoms with Crippen molar-refractivity contribution in [1.29, 1.82) is 0 Å². The molecule has 0 aromatic carbocycles. The minimum Gasteiger partial charge on any atom is -0.392 e. The Kier molecular flexibility index (Phi) is 23.2. The van der Waals surface area contributed by atoms with E-state index in [0.717, 1.165) is 22.1 Å². The highest BCUT2D eigenvalue weighted by atomic mass is 32.1. The number of aromatic nitrogens is 5. The maximum absolute atomic E-state index is 4.30. The predicted molar refractivity (Wildman–Crippen MR) is 150 cm³/mol. The lowest BCUT2D eigenvalue weighted by atomic mass is 10.3. The first-order valence-corrected chi connectivity index (χ1v) is 13.0. The van der Waals surface area contributed by atoms with Crippen LogP contribution in [-0.4, -0.2) is 56.6 Å². The molecule has 3 aromatic heterocycles. The van der Waals surface area contributed by atoms with E-state index in [2.05, 4.69) is 61.0 Å². The quantitative estimate of drug-likeness (QED) is 0.290. The number of aromatic amines is 2. The molecule has 0 saturated carbocycles. The van der Waals surface area contributed by atoms with Gasteiger partial charge >= 0.3 is 0 Å². The highest BCUT2D eigenvalue weighted by Gasteiger charge is 2.04. The van der Waals surface area contributed by atoms with Gasteiger partial charge in [-0.25, -0.2) is 4.98 Å². The number of nitrogens with one attached hydrogen (secondary N) is 4. The van der Waals surface area contributed by atoms with Gasteiger partial charge in [-0.2, -0.15) is 9.47 Å². The minimum absolute atomic E-state index is 0.653. The van der Waals surface area contributed by atoms with E-state index < -0.39 is 0 Å². The molecule has 0 amide bonds. The van der Waals surface area contributed by atoms with Crippen LogP contribution in [0.25, 0.3) is 11.3 Å². The van der Waals surface area contributed by atoms with Gasteiger partial charge in [0, 0.05) is 30.7 Å². The van der Waals surface area contributed by atoms with Crippen LogP contribution in [0.3, 0.4) is 0 Å². The molecule has 9 heteroatoms. The Hall–Kier alpha value is -2.65. The van der Waals surface area contributed by atoms with Crippen LogP contribution in [0, 0.1) is 0 Å². The molecule has 0 aliphatic heterocycles. The zero-order valence-corrected chi connectivity index (χ0v) is 23.8. The first-order valence-electron chi connectivity index (χ1n) is 12.2. The third-order valence-electron chi connectivity index (χ3n) is 4.28. The summed E-state index contributed by atoms with van der Waals surface area (Å²) < 4.78 is 4.02. The number of rotatable bonds is 8. The topological polar surface area (TPSA) is 97.5 Å². The van der Waals surface area contributed by atoms with Crippen molar-refractivity contribution in [1.82, 2.24) is 34.8 Å². The van der Waals surface area contributed by atoms with E-state index in [4.69, 9.17) is 0 Å². The Labute approximate surface area is 211 Å². The molecule has 0 bridgehead atoms. The van der Waals surface area contributed by atoms with Crippen LogP contribution in [0.5, 0.6) is 0 Å². The van der Waals surface area contributed by atoms with Gasteiger partial charge in [-0.15, -0.1) is 0 Å². The molecule has 0 aliphatic carbocycles. The lowest BCUT2D eigenvalue weighted by Gasteiger charge is -2.10. The molecular weight excluding hydrogens is 444 g/mol. The van der Waals surface area contributed by atoms with Gasteiger partial charge in [-0.3, -0.25) is 5.10 Å². The fourth-order valence-electron chi connectivity index (χ4n) is 2.16. The summed E-state index contributed by atoms with van der Waals surface area (Å²) in [5.74, 6) is 0.884. The van der Waals surface area contributed by atoms with E-state index in [0.29, 0.717) is 6.54 Å². The molecule has 0 radical (unpaired) electrons. The second kappa shape index (κ2) is 23.5. The first kappa shape index (κ1) is 33.5. The van der Waals surface area contributed by atoms with Gasteiger partial charge in [-0.05, 0) is 58.0 Å². The molecule has 0 saturated heterocycles. The molecule has 3 aromatic rings. The zero-order valence-electron chi connectivity index (χ0n) is 23.0. The van der Waals surface area contributed by atoms with Crippen molar-refractivity contribution in [3.05, 3.63) is 48.5 Å². The summed E-state index contributed by atoms with van der Waals surface area (Å²) in [6.45, 7) is 19.5. The lowest BCUT2D eigenvalue weighted by Crippen LogP contribution is -2.17. The second-order valence-electron chi connectivity index (χ2n) is 6.58. The smallest absolute Gasteiger partial charge is 0.125 e. The van der Waals surface area contributed by atoms with Crippen molar-refractivity contribution in [2.24, 2.45) is 0 Å². The average molecular weight is 493 g/mol. The van der Waals surface area contributed by atoms with Crippen molar-refractivity contribution in [3.63, 3.8) is 0 Å². The van der Waals surface area contributed by atoms with Crippen molar-refractivity contribution in [2.45, 2.75) is 68.4 Å². The Morgan fingerprint density at radius 2 is 1.88 bits per heavy atom. The van der Waals surface area contributed by atoms with Crippen LogP contribution >= 0.6 is 11.5 Å². The Balaban J connectivity index is 0. The Morgan fingerprint density at radius 3 is 2.29 bits per heavy atom. The lowest BCUT2D eigenvalue weighted by molar-refractivity contribution is 0.353. The minimum atomic E-state index is 0.653. The molecule has 4 N–H and O–H groups in total. The number of hydrogen-bond acceptors (Lipinski definition) is 7. The summed E-state index contributed by atoms with van der Waals surface area (Å²) in [5, 5.41) is 13.9. The largest absolute Gasteiger partial charge is 0.392 e. The molecule has 0 atom stereocenters. The number of nitrogens with zero attached hydrogens (tertiary/aromatic N) is 4. The van der Waals surface area contributed by atoms with E-state index in [-0.39, 0.29) is 0 Å². The highest BCUT2D eigenvalue weighted by molar-refractivity contribution is 7.10. The van der Waals surface area contributed by atoms with E-state index >= 15 is 0 Å². The van der Waals surface area contributed by atoms with Gasteiger partial charge < -0.3 is 20.5 Å². The summed E-state index contributed by atoms with van der Waals surface area (Å²) in [5.41, 5.74) is 3.18. The Bertz CT molecular complexity index is 795. The first-order chi connectivity index (χ1) is 16.5. The van der Waals surface area contributed by atoms with Gasteiger partial charge in [0.15, 0.2) is 0 Å². The van der Waals surface area contributed by atoms with Crippen LogP contribution < -0.4 is 10.6 Å². The van der Waals surface area contributed by atoms with Gasteiger partial charge in [0.2, 0.25) is 0 Å². The SMILES string of the molecule is C/C=C(/C)NC.CC.CC.CCCN(C)CC.c1cc(NCc2ncc(-c3cn[nH]c3)[nH]2)sn1. The van der Waals surface area contributed by atoms with E-state index in [1.54, 1.807) is 18.6 Å². The predicted octanol–water partition coefficient (Wildman–Crippen LogP) is 6.40. The molecule has 194 valence electrons. The number of hydrogen-bond donors (Lipinski definition) is 4. The molecule has 0 aliphatic rings. The molecule has 3 rings (SSSR count). The van der Waals surface area contributed by atoms with Gasteiger partial charge in [0.05, 0.1) is 24.6 Å². The van der Waals surface area contributed by atoms with Crippen LogP contribution in [0.15, 0.2) is 42.6 Å². The molecule has 0 spiro atoms. The molecule has 8 nitrogen and oxygen atoms in total. The fourth-order valence-corrected chi connectivity index (χ4v) is 2.65. The zero-order chi connectivity index (χ0) is 26.2. The number of H-pyrrole nitrogens is 2. The summed E-state index contributed by atoms with van der Waals surface area (Å²) in [7, 11) is 4.05. The molecular formula is C25H48N8S. The van der Waals surface area contributed by atoms with Crippen molar-refractivity contribution in [3.8, 4) is 11.3 Å². The number of imidazole rings is 1. The van der Waals surface area contributed by atoms with Crippen LogP contribution in [0.1, 0.15) is 67.6 Å². The van der Waals surface area contributed by atoms with Crippen LogP contribution in [-0.2, 0) is 6.54 Å². The monoisotopic (exact) mass is 492 g/mol. The summed E-state index contributed by atoms with van der Waals surface area (Å²) >= 11 is 1.43. The average Bonchev–Trinajstić information content (AvgIpc) is 3.68. The maximum atomic E-state index is 4.30. The standard InChI is InChI=1S/C10H10N6S.C6H15N.C5H11N.2C2H6/c1-2-15-17-10(1)12-6-9-11-5-8(16-9)7-3-13-14-4-7;1-4-6-7(3)5-2;1-4-5(2)6-3;2*1-2/h1-5,12H,6H2,(H,11,16)(H,13,14);4-6H2,1-3H3;4,6H,1-3H3;2*1-2H3/b;;5-4-;;. The van der Waals surface area contributed by atoms with E-state index in [9.17, 15) is 0 Å². The van der Waals surface area contributed by atoms with Crippen molar-refractivity contribution < 1.29 is 0 Å². The highest BCUT2D eigenvalue weighted by Crippen LogP contribution is 2.16. The molecule has 0 unspecified atom stereocenters. The van der Waals surface area contributed by atoms with Crippen molar-refractivity contribution in [2.75, 3.05) is 32.5 Å². The third-order valence-corrected chi connectivity index (χ3v) is 4.98. The second-order valence-corrected chi connectivity index (χ2v) is 7.41. The van der Waals surface area contributed by atoms with Crippen molar-refractivity contribution >= 4 is 16.5 Å². The molecule has 0 fully saturated rings. The Morgan fingerprint density at radius 1 is 1.18 bits per heavy atom. The third kappa shape index (κ3) is 16.0. The van der Waals surface area contributed by atoms with Gasteiger partial charge in [0.1, 0.15) is 10.8 Å². The number of anilines is 1. The van der Waals surface area contributed by atoms with E-state index in [1.165, 1.54) is 36.7 Å². The van der Waals surface area contributed by atoms with Gasteiger partial charge in [-0.1, -0.05) is 47.6 Å². The van der Waals surface area contributed by atoms with Gasteiger partial charge in [0.25, 0.3) is 0 Å². The molecule has 34 heavy (non-hydrogen) atoms. The summed E-state index contributed by atoms with van der Waals surface area (Å²) in [6.07, 6.45) is 10.5. The van der Waals surface area contributed by atoms with Crippen LogP contribution in [0.4, 0.5) is 5.00 Å². The summed E-state index contributed by atoms with van der Waals surface area (Å²) in [6, 6.07) is 1.94. The van der Waals surface area contributed by atoms with E-state index in [1.807, 2.05) is 66.9 Å². The maximum Gasteiger partial charge on any atom is 0.125 e. The molecule has 3 heterocycles. The summed E-state index contributed by atoms with van der Waals surface area (Å²) in [4.78, 5) is 9.83.